The fourth-order valence-electron chi connectivity index (χ4n) is 1.08. The lowest BCUT2D eigenvalue weighted by molar-refractivity contribution is 0.173. The summed E-state index contributed by atoms with van der Waals surface area (Å²) in [5.41, 5.74) is 0. The predicted molar refractivity (Wildman–Crippen MR) is 36.7 cm³/mol. The largest absolute Gasteiger partial charge is 0.391 e. The first-order valence-corrected chi connectivity index (χ1v) is 3.38. The molecule has 2 amide bonds. The number of carbonyl (C=O) groups excluding carboxylic acids is 1. The van der Waals surface area contributed by atoms with Crippen LogP contribution in [0.1, 0.15) is 6.42 Å². The number of β-amino-alcohol motifs (C(OH)–C–C–N with tert-alkyl or cyclic N) is 1. The van der Waals surface area contributed by atoms with Crippen molar-refractivity contribution in [3.8, 4) is 0 Å². The van der Waals surface area contributed by atoms with Crippen LogP contribution >= 0.6 is 0 Å². The van der Waals surface area contributed by atoms with E-state index in [4.69, 9.17) is 5.11 Å². The van der Waals surface area contributed by atoms with Crippen molar-refractivity contribution < 1.29 is 9.90 Å². The van der Waals surface area contributed by atoms with Gasteiger partial charge in [0.2, 0.25) is 0 Å². The van der Waals surface area contributed by atoms with Gasteiger partial charge in [0.1, 0.15) is 0 Å². The summed E-state index contributed by atoms with van der Waals surface area (Å²) < 4.78 is 0. The molecule has 1 fully saturated rings. The maximum absolute atomic E-state index is 10.9. The quantitative estimate of drug-likeness (QED) is 0.476. The van der Waals surface area contributed by atoms with E-state index in [1.54, 1.807) is 11.9 Å². The van der Waals surface area contributed by atoms with Crippen LogP contribution in [0.15, 0.2) is 0 Å². The van der Waals surface area contributed by atoms with Gasteiger partial charge in [0.05, 0.1) is 6.10 Å². The van der Waals surface area contributed by atoms with Gasteiger partial charge in [0.15, 0.2) is 0 Å². The van der Waals surface area contributed by atoms with Crippen molar-refractivity contribution in [1.82, 2.24) is 10.2 Å². The average molecular weight is 144 g/mol. The second-order valence-electron chi connectivity index (χ2n) is 2.44. The molecule has 0 aromatic carbocycles. The normalized spacial score (nSPS) is 25.0. The molecule has 1 unspecified atom stereocenters. The Bertz CT molecular complexity index is 138. The Kier molecular flexibility index (Phi) is 2.11. The number of nitrogens with one attached hydrogen (secondary N) is 1. The van der Waals surface area contributed by atoms with Crippen LogP contribution in [0, 0.1) is 0 Å². The van der Waals surface area contributed by atoms with Gasteiger partial charge in [-0.05, 0) is 6.42 Å². The van der Waals surface area contributed by atoms with E-state index in [-0.39, 0.29) is 12.1 Å². The van der Waals surface area contributed by atoms with Gasteiger partial charge in [-0.3, -0.25) is 0 Å². The molecule has 1 atom stereocenters. The summed E-state index contributed by atoms with van der Waals surface area (Å²) in [6, 6.07) is -0.100. The van der Waals surface area contributed by atoms with Crippen molar-refractivity contribution in [1.29, 1.82) is 0 Å². The van der Waals surface area contributed by atoms with Crippen LogP contribution in [-0.2, 0) is 0 Å². The number of hydrogen-bond donors (Lipinski definition) is 2. The molecule has 0 aliphatic carbocycles. The molecule has 0 saturated carbocycles. The summed E-state index contributed by atoms with van der Waals surface area (Å²) in [4.78, 5) is 12.5. The van der Waals surface area contributed by atoms with Crippen molar-refractivity contribution >= 4 is 6.03 Å². The topological polar surface area (TPSA) is 52.6 Å². The molecule has 58 valence electrons. The number of amides is 2. The van der Waals surface area contributed by atoms with Crippen molar-refractivity contribution in [2.24, 2.45) is 0 Å². The average Bonchev–Trinajstić information content (AvgIpc) is 2.34. The molecular weight excluding hydrogens is 132 g/mol. The number of urea groups is 1. The summed E-state index contributed by atoms with van der Waals surface area (Å²) in [7, 11) is 1.59. The highest BCUT2D eigenvalue weighted by Gasteiger charge is 2.23. The lowest BCUT2D eigenvalue weighted by atomic mass is 10.3. The number of carbonyl (C=O) groups is 1. The number of likely N-dealkylation sites (tertiary alicyclic amines) is 1. The van der Waals surface area contributed by atoms with Gasteiger partial charge in [-0.2, -0.15) is 0 Å². The highest BCUT2D eigenvalue weighted by molar-refractivity contribution is 5.74. The lowest BCUT2D eigenvalue weighted by Gasteiger charge is -2.13. The molecular formula is C6H12N2O2. The highest BCUT2D eigenvalue weighted by Crippen LogP contribution is 2.07. The standard InChI is InChI=1S/C6H12N2O2/c1-7-6(10)8-3-2-5(9)4-8/h5,9H,2-4H2,1H3,(H,7,10). The van der Waals surface area contributed by atoms with E-state index in [1.807, 2.05) is 0 Å². The number of hydrogen-bond acceptors (Lipinski definition) is 2. The Labute approximate surface area is 59.8 Å². The van der Waals surface area contributed by atoms with E-state index in [9.17, 15) is 4.79 Å². The molecule has 4 heteroatoms. The van der Waals surface area contributed by atoms with Crippen molar-refractivity contribution in [3.05, 3.63) is 0 Å². The van der Waals surface area contributed by atoms with Gasteiger partial charge in [-0.25, -0.2) is 4.79 Å². The molecule has 0 spiro atoms. The fourth-order valence-corrected chi connectivity index (χ4v) is 1.08. The van der Waals surface area contributed by atoms with Crippen LogP contribution in [0.25, 0.3) is 0 Å². The predicted octanol–water partition coefficient (Wildman–Crippen LogP) is -0.608. The molecule has 2 N–H and O–H groups in total. The van der Waals surface area contributed by atoms with Gasteiger partial charge in [-0.15, -0.1) is 0 Å². The molecule has 1 rings (SSSR count). The number of aliphatic hydroxyl groups is 1. The van der Waals surface area contributed by atoms with Crippen LogP contribution in [0.5, 0.6) is 0 Å². The Morgan fingerprint density at radius 2 is 2.50 bits per heavy atom. The minimum absolute atomic E-state index is 0.100. The highest BCUT2D eigenvalue weighted by atomic mass is 16.3. The summed E-state index contributed by atoms with van der Waals surface area (Å²) in [5.74, 6) is 0. The SMILES string of the molecule is CNC(=O)N1CCC(O)C1. The second-order valence-corrected chi connectivity index (χ2v) is 2.44. The molecule has 1 aliphatic heterocycles. The monoisotopic (exact) mass is 144 g/mol. The molecule has 1 heterocycles. The molecule has 0 bridgehead atoms. The molecule has 0 radical (unpaired) electrons. The smallest absolute Gasteiger partial charge is 0.317 e. The van der Waals surface area contributed by atoms with Crippen molar-refractivity contribution in [2.75, 3.05) is 20.1 Å². The molecule has 4 nitrogen and oxygen atoms in total. The summed E-state index contributed by atoms with van der Waals surface area (Å²) in [6.45, 7) is 1.14. The van der Waals surface area contributed by atoms with Crippen LogP contribution in [0.2, 0.25) is 0 Å². The summed E-state index contributed by atoms with van der Waals surface area (Å²) >= 11 is 0. The van der Waals surface area contributed by atoms with Gasteiger partial charge >= 0.3 is 6.03 Å². The van der Waals surface area contributed by atoms with E-state index in [1.165, 1.54) is 0 Å². The van der Waals surface area contributed by atoms with E-state index >= 15 is 0 Å². The van der Waals surface area contributed by atoms with E-state index in [0.717, 1.165) is 0 Å². The number of aliphatic hydroxyl groups excluding tert-OH is 1. The molecule has 0 aromatic rings. The Morgan fingerprint density at radius 1 is 1.80 bits per heavy atom. The molecule has 1 aliphatic rings. The zero-order chi connectivity index (χ0) is 7.56. The summed E-state index contributed by atoms with van der Waals surface area (Å²) in [5, 5.41) is 11.5. The fraction of sp³-hybridized carbons (Fsp3) is 0.833. The minimum atomic E-state index is -0.322. The van der Waals surface area contributed by atoms with Crippen LogP contribution in [0.3, 0.4) is 0 Å². The van der Waals surface area contributed by atoms with Crippen molar-refractivity contribution in [3.63, 3.8) is 0 Å². The molecule has 10 heavy (non-hydrogen) atoms. The number of nitrogens with zero attached hydrogens (tertiary/aromatic N) is 1. The number of rotatable bonds is 0. The molecule has 0 aromatic heterocycles. The Hall–Kier alpha value is -0.770. The lowest BCUT2D eigenvalue weighted by Crippen LogP contribution is -2.36. The van der Waals surface area contributed by atoms with Crippen molar-refractivity contribution in [2.45, 2.75) is 12.5 Å². The third-order valence-electron chi connectivity index (χ3n) is 1.66. The third kappa shape index (κ3) is 1.39. The van der Waals surface area contributed by atoms with Crippen LogP contribution in [-0.4, -0.2) is 42.3 Å². The first-order valence-electron chi connectivity index (χ1n) is 3.38. The second kappa shape index (κ2) is 2.88. The van der Waals surface area contributed by atoms with E-state index in [2.05, 4.69) is 5.32 Å². The third-order valence-corrected chi connectivity index (χ3v) is 1.66. The van der Waals surface area contributed by atoms with Crippen LogP contribution in [0.4, 0.5) is 4.79 Å². The summed E-state index contributed by atoms with van der Waals surface area (Å²) in [6.07, 6.45) is 0.380. The van der Waals surface area contributed by atoms with Gasteiger partial charge in [-0.1, -0.05) is 0 Å². The van der Waals surface area contributed by atoms with Gasteiger partial charge in [0, 0.05) is 20.1 Å². The van der Waals surface area contributed by atoms with Gasteiger partial charge < -0.3 is 15.3 Å². The first-order chi connectivity index (χ1) is 4.74. The zero-order valence-corrected chi connectivity index (χ0v) is 6.00. The van der Waals surface area contributed by atoms with E-state index < -0.39 is 0 Å². The Morgan fingerprint density at radius 3 is 2.90 bits per heavy atom. The maximum Gasteiger partial charge on any atom is 0.317 e. The zero-order valence-electron chi connectivity index (χ0n) is 6.00. The minimum Gasteiger partial charge on any atom is -0.391 e. The van der Waals surface area contributed by atoms with Gasteiger partial charge in [0.25, 0.3) is 0 Å². The first kappa shape index (κ1) is 7.34. The van der Waals surface area contributed by atoms with Crippen LogP contribution < -0.4 is 5.32 Å². The maximum atomic E-state index is 10.9. The molecule has 1 saturated heterocycles. The Balaban J connectivity index is 2.37. The van der Waals surface area contributed by atoms with E-state index in [0.29, 0.717) is 19.5 Å².